The van der Waals surface area contributed by atoms with Gasteiger partial charge in [0.1, 0.15) is 16.9 Å². The molecule has 1 aliphatic rings. The molecule has 0 radical (unpaired) electrons. The summed E-state index contributed by atoms with van der Waals surface area (Å²) in [6, 6.07) is 12.6. The van der Waals surface area contributed by atoms with Crippen LogP contribution in [0.4, 0.5) is 0 Å². The van der Waals surface area contributed by atoms with Crippen molar-refractivity contribution in [2.75, 3.05) is 26.1 Å². The maximum absolute atomic E-state index is 12.6. The summed E-state index contributed by atoms with van der Waals surface area (Å²) in [7, 11) is 3.46. The Morgan fingerprint density at radius 1 is 1.14 bits per heavy atom. The van der Waals surface area contributed by atoms with E-state index in [-0.39, 0.29) is 30.2 Å². The average Bonchev–Trinajstić information content (AvgIpc) is 3.34. The summed E-state index contributed by atoms with van der Waals surface area (Å²) in [5.41, 5.74) is 5.64. The first-order chi connectivity index (χ1) is 16.8. The molecular weight excluding hydrogens is 470 g/mol. The van der Waals surface area contributed by atoms with Crippen molar-refractivity contribution in [2.24, 2.45) is 7.05 Å². The third-order valence-electron chi connectivity index (χ3n) is 5.83. The van der Waals surface area contributed by atoms with Gasteiger partial charge in [-0.05, 0) is 49.7 Å². The number of aryl methyl sites for hydroxylation is 1. The molecule has 35 heavy (non-hydrogen) atoms. The zero-order valence-corrected chi connectivity index (χ0v) is 20.8. The Morgan fingerprint density at radius 3 is 2.54 bits per heavy atom. The second-order valence-electron chi connectivity index (χ2n) is 7.94. The summed E-state index contributed by atoms with van der Waals surface area (Å²) >= 11 is 1.43. The van der Waals surface area contributed by atoms with Gasteiger partial charge in [-0.15, -0.1) is 11.8 Å². The van der Waals surface area contributed by atoms with Crippen molar-refractivity contribution < 1.29 is 28.6 Å². The van der Waals surface area contributed by atoms with E-state index in [2.05, 4.69) is 5.43 Å². The fourth-order valence-corrected chi connectivity index (χ4v) is 5.09. The smallest absolute Gasteiger partial charge is 0.340 e. The lowest BCUT2D eigenvalue weighted by atomic mass is 10.1. The van der Waals surface area contributed by atoms with Crippen LogP contribution in [0.5, 0.6) is 11.5 Å². The Hall–Kier alpha value is -3.66. The van der Waals surface area contributed by atoms with E-state index >= 15 is 0 Å². The molecule has 1 saturated heterocycles. The van der Waals surface area contributed by atoms with Crippen molar-refractivity contribution in [2.45, 2.75) is 19.2 Å². The molecular formula is C25H27N3O6S. The van der Waals surface area contributed by atoms with Gasteiger partial charge in [0.25, 0.3) is 11.8 Å². The number of aromatic nitrogens is 1. The fraction of sp³-hybridized carbons (Fsp3) is 0.320. The van der Waals surface area contributed by atoms with Gasteiger partial charge < -0.3 is 18.8 Å². The molecule has 3 aromatic rings. The molecule has 0 spiro atoms. The Kier molecular flexibility index (Phi) is 7.20. The van der Waals surface area contributed by atoms with E-state index in [1.54, 1.807) is 26.2 Å². The Morgan fingerprint density at radius 2 is 1.86 bits per heavy atom. The van der Waals surface area contributed by atoms with E-state index in [0.717, 1.165) is 16.8 Å². The van der Waals surface area contributed by atoms with E-state index < -0.39 is 11.9 Å². The van der Waals surface area contributed by atoms with Gasteiger partial charge in [0.2, 0.25) is 0 Å². The van der Waals surface area contributed by atoms with Crippen LogP contribution in [0.3, 0.4) is 0 Å². The Bertz CT molecular complexity index is 1270. The number of hydrogen-bond acceptors (Lipinski definition) is 7. The number of carbonyl (C=O) groups is 3. The maximum Gasteiger partial charge on any atom is 0.340 e. The molecule has 1 N–H and O–H groups in total. The molecule has 9 nitrogen and oxygen atoms in total. The zero-order valence-electron chi connectivity index (χ0n) is 20.0. The number of nitrogens with one attached hydrogen (secondary N) is 1. The number of nitrogens with zero attached hydrogens (tertiary/aromatic N) is 2. The summed E-state index contributed by atoms with van der Waals surface area (Å²) in [6.07, 6.45) is 0. The number of hydrogen-bond donors (Lipinski definition) is 1. The number of ether oxygens (including phenoxy) is 3. The Balaban J connectivity index is 1.45. The van der Waals surface area contributed by atoms with E-state index in [1.165, 1.54) is 16.8 Å². The van der Waals surface area contributed by atoms with Crippen molar-refractivity contribution in [1.82, 2.24) is 15.0 Å². The van der Waals surface area contributed by atoms with Crippen molar-refractivity contribution in [3.63, 3.8) is 0 Å². The molecule has 184 valence electrons. The number of carbonyl (C=O) groups excluding carboxylic acids is 3. The normalized spacial score (nSPS) is 15.4. The van der Waals surface area contributed by atoms with Gasteiger partial charge in [-0.2, -0.15) is 0 Å². The molecule has 4 rings (SSSR count). The summed E-state index contributed by atoms with van der Waals surface area (Å²) < 4.78 is 18.0. The monoisotopic (exact) mass is 497 g/mol. The second-order valence-corrected chi connectivity index (χ2v) is 9.01. The number of rotatable bonds is 8. The quantitative estimate of drug-likeness (QED) is 0.477. The molecule has 2 amide bonds. The van der Waals surface area contributed by atoms with E-state index in [1.807, 2.05) is 48.9 Å². The van der Waals surface area contributed by atoms with Crippen LogP contribution in [0.25, 0.3) is 10.9 Å². The largest absolute Gasteiger partial charge is 0.497 e. The lowest BCUT2D eigenvalue weighted by Gasteiger charge is -2.24. The molecule has 0 bridgehead atoms. The minimum absolute atomic E-state index is 0.190. The molecule has 1 aliphatic heterocycles. The molecule has 2 heterocycles. The predicted octanol–water partition coefficient (Wildman–Crippen LogP) is 3.36. The minimum atomic E-state index is -0.464. The van der Waals surface area contributed by atoms with Crippen LogP contribution in [0, 0.1) is 6.92 Å². The lowest BCUT2D eigenvalue weighted by Crippen LogP contribution is -2.46. The minimum Gasteiger partial charge on any atom is -0.497 e. The molecule has 0 aliphatic carbocycles. The molecule has 1 atom stereocenters. The summed E-state index contributed by atoms with van der Waals surface area (Å²) in [5, 5.41) is 1.68. The first-order valence-electron chi connectivity index (χ1n) is 11.1. The topological polar surface area (TPSA) is 99.1 Å². The van der Waals surface area contributed by atoms with Crippen LogP contribution in [0.2, 0.25) is 0 Å². The van der Waals surface area contributed by atoms with Crippen LogP contribution >= 0.6 is 11.8 Å². The van der Waals surface area contributed by atoms with Crippen LogP contribution in [0.15, 0.2) is 42.5 Å². The number of hydrazine groups is 1. The highest BCUT2D eigenvalue weighted by Crippen LogP contribution is 2.37. The third-order valence-corrected chi connectivity index (χ3v) is 7.04. The van der Waals surface area contributed by atoms with Crippen LogP contribution in [0.1, 0.15) is 33.9 Å². The average molecular weight is 498 g/mol. The van der Waals surface area contributed by atoms with Crippen molar-refractivity contribution >= 4 is 40.4 Å². The first kappa shape index (κ1) is 24.5. The molecule has 1 unspecified atom stereocenters. The van der Waals surface area contributed by atoms with E-state index in [9.17, 15) is 14.4 Å². The highest BCUT2D eigenvalue weighted by atomic mass is 32.2. The van der Waals surface area contributed by atoms with Crippen molar-refractivity contribution in [3.8, 4) is 11.5 Å². The summed E-state index contributed by atoms with van der Waals surface area (Å²) in [5.74, 6) is 0.346. The number of thioether (sulfide) groups is 1. The lowest BCUT2D eigenvalue weighted by molar-refractivity contribution is -0.140. The maximum atomic E-state index is 12.6. The van der Waals surface area contributed by atoms with Gasteiger partial charge in [0.05, 0.1) is 25.0 Å². The SMILES string of the molecule is CCOC(=O)c1c(C)n(C)c2ccc(OCC(=O)NN3C(=O)CSC3c3ccc(OC)cc3)cc12. The molecule has 2 aromatic carbocycles. The van der Waals surface area contributed by atoms with E-state index in [0.29, 0.717) is 22.4 Å². The molecule has 0 saturated carbocycles. The zero-order chi connectivity index (χ0) is 25.1. The molecule has 10 heteroatoms. The highest BCUT2D eigenvalue weighted by molar-refractivity contribution is 8.00. The van der Waals surface area contributed by atoms with Gasteiger partial charge >= 0.3 is 5.97 Å². The molecule has 1 fully saturated rings. The third kappa shape index (κ3) is 4.93. The van der Waals surface area contributed by atoms with Crippen LogP contribution < -0.4 is 14.9 Å². The summed E-state index contributed by atoms with van der Waals surface area (Å²) in [4.78, 5) is 37.5. The number of methoxy groups -OCH3 is 1. The fourth-order valence-electron chi connectivity index (χ4n) is 3.98. The number of fused-ring (bicyclic) bond motifs is 1. The standard InChI is InChI=1S/C25H27N3O6S/c1-5-33-25(31)23-15(2)27(3)20-11-10-18(12-19(20)23)34-13-21(29)26-28-22(30)14-35-24(28)16-6-8-17(32-4)9-7-16/h6-12,24H,5,13-14H2,1-4H3,(H,26,29). The summed E-state index contributed by atoms with van der Waals surface area (Å²) in [6.45, 7) is 3.59. The first-order valence-corrected chi connectivity index (χ1v) is 12.1. The number of amides is 2. The highest BCUT2D eigenvalue weighted by Gasteiger charge is 2.34. The number of esters is 1. The van der Waals surface area contributed by atoms with Crippen LogP contribution in [-0.4, -0.2) is 53.4 Å². The predicted molar refractivity (Wildman–Crippen MR) is 132 cm³/mol. The van der Waals surface area contributed by atoms with Crippen LogP contribution in [-0.2, 0) is 21.4 Å². The van der Waals surface area contributed by atoms with Crippen molar-refractivity contribution in [1.29, 1.82) is 0 Å². The van der Waals surface area contributed by atoms with E-state index in [4.69, 9.17) is 14.2 Å². The van der Waals surface area contributed by atoms with Crippen molar-refractivity contribution in [3.05, 3.63) is 59.3 Å². The van der Waals surface area contributed by atoms with Gasteiger partial charge in [0, 0.05) is 23.6 Å². The Labute approximate surface area is 207 Å². The van der Waals surface area contributed by atoms with Gasteiger partial charge in [0.15, 0.2) is 6.61 Å². The van der Waals surface area contributed by atoms with Gasteiger partial charge in [-0.25, -0.2) is 9.80 Å². The van der Waals surface area contributed by atoms with Gasteiger partial charge in [-0.1, -0.05) is 12.1 Å². The number of benzene rings is 2. The van der Waals surface area contributed by atoms with Gasteiger partial charge in [-0.3, -0.25) is 15.0 Å². The second kappa shape index (κ2) is 10.3. The molecule has 1 aromatic heterocycles.